The first-order valence-electron chi connectivity index (χ1n) is 13.7. The van der Waals surface area contributed by atoms with E-state index in [0.29, 0.717) is 18.8 Å². The molecule has 3 heterocycles. The van der Waals surface area contributed by atoms with E-state index in [1.54, 1.807) is 0 Å². The van der Waals surface area contributed by atoms with Crippen molar-refractivity contribution >= 4 is 17.6 Å². The van der Waals surface area contributed by atoms with Gasteiger partial charge in [0.05, 0.1) is 30.1 Å². The normalized spacial score (nSPS) is 25.5. The molecule has 37 heavy (non-hydrogen) atoms. The number of aliphatic carboxylic acids is 1. The number of carbonyl (C=O) groups excluding carboxylic acids is 1. The number of aromatic nitrogens is 4. The van der Waals surface area contributed by atoms with Crippen LogP contribution in [0.2, 0.25) is 0 Å². The van der Waals surface area contributed by atoms with Crippen LogP contribution in [-0.4, -0.2) is 54.7 Å². The zero-order chi connectivity index (χ0) is 25.7. The summed E-state index contributed by atoms with van der Waals surface area (Å²) in [4.78, 5) is 41.0. The maximum atomic E-state index is 12.7. The zero-order valence-corrected chi connectivity index (χ0v) is 21.7. The van der Waals surface area contributed by atoms with Crippen LogP contribution in [0.5, 0.6) is 0 Å². The summed E-state index contributed by atoms with van der Waals surface area (Å²) in [6.07, 6.45) is 12.7. The lowest BCUT2D eigenvalue weighted by Crippen LogP contribution is -2.42. The molecule has 0 unspecified atom stereocenters. The van der Waals surface area contributed by atoms with E-state index in [9.17, 15) is 14.7 Å². The van der Waals surface area contributed by atoms with Crippen molar-refractivity contribution in [1.82, 2.24) is 24.4 Å². The molecule has 0 bridgehead atoms. The maximum Gasteiger partial charge on any atom is 0.413 e. The third kappa shape index (κ3) is 4.42. The highest BCUT2D eigenvalue weighted by Crippen LogP contribution is 2.44. The lowest BCUT2D eigenvalue weighted by Gasteiger charge is -2.38. The van der Waals surface area contributed by atoms with Crippen LogP contribution in [0.4, 0.5) is 4.79 Å². The van der Waals surface area contributed by atoms with Gasteiger partial charge < -0.3 is 14.4 Å². The van der Waals surface area contributed by atoms with Gasteiger partial charge in [0.1, 0.15) is 5.82 Å². The quantitative estimate of drug-likeness (QED) is 0.617. The Bertz CT molecular complexity index is 1260. The Kier molecular flexibility index (Phi) is 6.24. The number of ether oxygens (including phenoxy) is 1. The van der Waals surface area contributed by atoms with E-state index in [1.165, 1.54) is 25.6 Å². The smallest absolute Gasteiger partial charge is 0.413 e. The van der Waals surface area contributed by atoms with Gasteiger partial charge in [-0.25, -0.2) is 9.78 Å². The molecule has 0 spiro atoms. The van der Waals surface area contributed by atoms with Gasteiger partial charge in [-0.1, -0.05) is 6.42 Å². The number of carboxylic acids is 1. The Morgan fingerprint density at radius 3 is 2.68 bits per heavy atom. The number of carboxylic acid groups (broad SMARTS) is 1. The number of fused-ring (bicyclic) bond motifs is 2. The third-order valence-electron chi connectivity index (χ3n) is 8.63. The van der Waals surface area contributed by atoms with Crippen LogP contribution in [-0.2, 0) is 22.4 Å². The lowest BCUT2D eigenvalue weighted by molar-refractivity contribution is -0.143. The van der Waals surface area contributed by atoms with Crippen molar-refractivity contribution in [2.24, 2.45) is 5.92 Å². The Morgan fingerprint density at radius 1 is 1.08 bits per heavy atom. The molecular formula is C28H35N5O4. The van der Waals surface area contributed by atoms with Gasteiger partial charge in [0.15, 0.2) is 0 Å². The Morgan fingerprint density at radius 2 is 1.92 bits per heavy atom. The van der Waals surface area contributed by atoms with Gasteiger partial charge in [0.2, 0.25) is 0 Å². The van der Waals surface area contributed by atoms with Crippen molar-refractivity contribution in [2.45, 2.75) is 95.6 Å². The van der Waals surface area contributed by atoms with Crippen LogP contribution in [0.25, 0.3) is 5.57 Å². The molecule has 3 atom stereocenters. The van der Waals surface area contributed by atoms with Crippen molar-refractivity contribution in [2.75, 3.05) is 7.11 Å². The molecule has 2 fully saturated rings. The van der Waals surface area contributed by atoms with Gasteiger partial charge in [-0.2, -0.15) is 0 Å². The molecule has 9 heteroatoms. The van der Waals surface area contributed by atoms with Crippen molar-refractivity contribution < 1.29 is 19.4 Å². The molecular weight excluding hydrogens is 470 g/mol. The Balaban J connectivity index is 1.43. The monoisotopic (exact) mass is 505 g/mol. The highest BCUT2D eigenvalue weighted by molar-refractivity contribution is 5.79. The molecule has 0 radical (unpaired) electrons. The van der Waals surface area contributed by atoms with Crippen LogP contribution in [0.3, 0.4) is 0 Å². The zero-order valence-electron chi connectivity index (χ0n) is 21.7. The van der Waals surface area contributed by atoms with E-state index in [1.807, 2.05) is 17.3 Å². The number of hydrogen-bond donors (Lipinski definition) is 1. The largest absolute Gasteiger partial charge is 0.481 e. The van der Waals surface area contributed by atoms with Crippen LogP contribution in [0.1, 0.15) is 105 Å². The minimum absolute atomic E-state index is 0.0874. The number of hydrogen-bond acceptors (Lipinski definition) is 6. The number of nitrogens with zero attached hydrogens (tertiary/aromatic N) is 5. The second kappa shape index (κ2) is 9.58. The topological polar surface area (TPSA) is 110 Å². The molecule has 1 aliphatic heterocycles. The summed E-state index contributed by atoms with van der Waals surface area (Å²) < 4.78 is 7.47. The summed E-state index contributed by atoms with van der Waals surface area (Å²) in [5.41, 5.74) is 6.27. The van der Waals surface area contributed by atoms with E-state index >= 15 is 0 Å². The molecule has 3 aliphatic carbocycles. The average molecular weight is 506 g/mol. The van der Waals surface area contributed by atoms with E-state index < -0.39 is 5.97 Å². The second-order valence-electron chi connectivity index (χ2n) is 11.1. The summed E-state index contributed by atoms with van der Waals surface area (Å²) in [5, 5.41) is 9.77. The Hall–Kier alpha value is -3.23. The van der Waals surface area contributed by atoms with Crippen LogP contribution < -0.4 is 0 Å². The number of imidazole rings is 1. The molecule has 2 saturated carbocycles. The second-order valence-corrected chi connectivity index (χ2v) is 11.1. The van der Waals surface area contributed by atoms with Crippen LogP contribution >= 0.6 is 0 Å². The number of allylic oxidation sites excluding steroid dienone is 2. The van der Waals surface area contributed by atoms with Gasteiger partial charge in [-0.05, 0) is 70.3 Å². The van der Waals surface area contributed by atoms with Crippen molar-refractivity contribution in [3.8, 4) is 0 Å². The minimum atomic E-state index is -0.705. The van der Waals surface area contributed by atoms with Gasteiger partial charge in [-0.15, -0.1) is 0 Å². The van der Waals surface area contributed by atoms with Crippen LogP contribution in [0, 0.1) is 5.92 Å². The predicted octanol–water partition coefficient (Wildman–Crippen LogP) is 4.87. The fourth-order valence-corrected chi connectivity index (χ4v) is 6.61. The highest BCUT2D eigenvalue weighted by Gasteiger charge is 2.39. The number of rotatable bonds is 5. The summed E-state index contributed by atoms with van der Waals surface area (Å²) in [7, 11) is 1.43. The number of methoxy groups -OCH3 is 1. The Labute approximate surface area is 217 Å². The number of amides is 1. The molecule has 1 amide bonds. The predicted molar refractivity (Wildman–Crippen MR) is 136 cm³/mol. The van der Waals surface area contributed by atoms with Gasteiger partial charge in [0.25, 0.3) is 0 Å². The molecule has 2 aromatic heterocycles. The fourth-order valence-electron chi connectivity index (χ4n) is 6.61. The molecule has 9 nitrogen and oxygen atoms in total. The first-order chi connectivity index (χ1) is 17.9. The summed E-state index contributed by atoms with van der Waals surface area (Å²) in [6, 6.07) is 0.187. The highest BCUT2D eigenvalue weighted by atomic mass is 16.5. The van der Waals surface area contributed by atoms with Gasteiger partial charge >= 0.3 is 12.1 Å². The van der Waals surface area contributed by atoms with Crippen molar-refractivity contribution in [3.63, 3.8) is 0 Å². The maximum absolute atomic E-state index is 12.7. The molecule has 196 valence electrons. The van der Waals surface area contributed by atoms with E-state index in [4.69, 9.17) is 14.7 Å². The van der Waals surface area contributed by atoms with Crippen LogP contribution in [0.15, 0.2) is 18.1 Å². The van der Waals surface area contributed by atoms with E-state index in [0.717, 1.165) is 79.1 Å². The number of carbonyl (C=O) groups is 2. The molecule has 1 N–H and O–H groups in total. The van der Waals surface area contributed by atoms with Crippen molar-refractivity contribution in [3.05, 3.63) is 46.7 Å². The molecule has 4 aliphatic rings. The third-order valence-corrected chi connectivity index (χ3v) is 8.63. The van der Waals surface area contributed by atoms with Gasteiger partial charge in [0, 0.05) is 48.2 Å². The molecule has 0 saturated heterocycles. The molecule has 6 rings (SSSR count). The summed E-state index contributed by atoms with van der Waals surface area (Å²) >= 11 is 0. The standard InChI is InChI=1S/C28H35N5O4/c1-16-6-9-21-23(32(16)28(36)37-2)10-11-24-26(21)31-25(13-19-14-29-15-22(30-19)17-7-8-17)33(24)20-5-3-4-18(12-20)27(34)35/h14-18,20H,3-13H2,1-2H3,(H,34,35)/t16-,18+,20+/m0/s1. The van der Waals surface area contributed by atoms with E-state index in [2.05, 4.69) is 16.5 Å². The van der Waals surface area contributed by atoms with Crippen molar-refractivity contribution in [1.29, 1.82) is 0 Å². The lowest BCUT2D eigenvalue weighted by atomic mass is 9.84. The molecule has 2 aromatic rings. The summed E-state index contributed by atoms with van der Waals surface area (Å²) in [5.74, 6) is 0.422. The first kappa shape index (κ1) is 24.1. The van der Waals surface area contributed by atoms with Gasteiger partial charge in [-0.3, -0.25) is 19.7 Å². The average Bonchev–Trinajstić information content (AvgIpc) is 3.69. The fraction of sp³-hybridized carbons (Fsp3) is 0.607. The first-order valence-corrected chi connectivity index (χ1v) is 13.7. The SMILES string of the molecule is COC(=O)N1C2=C(CC[C@@H]1C)c1nc(Cc3cncc(C4CC4)n3)n([C@@H]3CCC[C@@H](C(=O)O)C3)c1CC2. The minimum Gasteiger partial charge on any atom is -0.481 e. The molecule has 0 aromatic carbocycles. The summed E-state index contributed by atoms with van der Waals surface area (Å²) in [6.45, 7) is 2.07. The van der Waals surface area contributed by atoms with E-state index in [-0.39, 0.29) is 24.1 Å².